The minimum atomic E-state index is -0.0412. The fourth-order valence-corrected chi connectivity index (χ4v) is 4.50. The molecule has 1 aromatic heterocycles. The minimum Gasteiger partial charge on any atom is -0.496 e. The number of carbonyl (C=O) groups excluding carboxylic acids is 2. The van der Waals surface area contributed by atoms with E-state index in [2.05, 4.69) is 15.9 Å². The summed E-state index contributed by atoms with van der Waals surface area (Å²) < 4.78 is 6.36. The number of nitrogens with zero attached hydrogens (tertiary/aromatic N) is 2. The van der Waals surface area contributed by atoms with Gasteiger partial charge >= 0.3 is 0 Å². The maximum Gasteiger partial charge on any atom is 0.263 e. The van der Waals surface area contributed by atoms with E-state index < -0.39 is 0 Å². The Bertz CT molecular complexity index is 802. The van der Waals surface area contributed by atoms with E-state index in [1.54, 1.807) is 12.0 Å². The van der Waals surface area contributed by atoms with Gasteiger partial charge in [0.25, 0.3) is 5.91 Å². The molecule has 1 aliphatic rings. The lowest BCUT2D eigenvalue weighted by molar-refractivity contribution is -0.136. The van der Waals surface area contributed by atoms with E-state index in [1.807, 2.05) is 47.7 Å². The Balaban J connectivity index is 1.57. The van der Waals surface area contributed by atoms with E-state index in [9.17, 15) is 9.59 Å². The second-order valence-corrected chi connectivity index (χ2v) is 8.56. The summed E-state index contributed by atoms with van der Waals surface area (Å²) in [4.78, 5) is 29.7. The molecule has 3 rings (SSSR count). The van der Waals surface area contributed by atoms with Gasteiger partial charge in [0.1, 0.15) is 5.75 Å². The highest BCUT2D eigenvalue weighted by Gasteiger charge is 2.30. The van der Waals surface area contributed by atoms with Gasteiger partial charge in [-0.15, -0.1) is 11.3 Å². The van der Waals surface area contributed by atoms with Gasteiger partial charge in [-0.2, -0.15) is 0 Å². The summed E-state index contributed by atoms with van der Waals surface area (Å²) in [6.07, 6.45) is 1.41. The van der Waals surface area contributed by atoms with Gasteiger partial charge in [-0.1, -0.05) is 22.0 Å². The van der Waals surface area contributed by atoms with Crippen LogP contribution in [0, 0.1) is 5.92 Å². The van der Waals surface area contributed by atoms with Crippen LogP contribution in [0.1, 0.15) is 28.1 Å². The zero-order chi connectivity index (χ0) is 19.4. The average molecular weight is 451 g/mol. The summed E-state index contributed by atoms with van der Waals surface area (Å²) in [6, 6.07) is 9.53. The first-order chi connectivity index (χ1) is 13.0. The quantitative estimate of drug-likeness (QED) is 0.690. The molecule has 1 aromatic carbocycles. The molecule has 2 aromatic rings. The van der Waals surface area contributed by atoms with Crippen LogP contribution < -0.4 is 4.74 Å². The topological polar surface area (TPSA) is 49.9 Å². The Morgan fingerprint density at radius 3 is 2.67 bits per heavy atom. The largest absolute Gasteiger partial charge is 0.496 e. The Morgan fingerprint density at radius 2 is 2.04 bits per heavy atom. The van der Waals surface area contributed by atoms with Crippen LogP contribution in [-0.4, -0.2) is 48.9 Å². The predicted molar refractivity (Wildman–Crippen MR) is 110 cm³/mol. The van der Waals surface area contributed by atoms with Gasteiger partial charge in [-0.25, -0.2) is 0 Å². The van der Waals surface area contributed by atoms with Gasteiger partial charge < -0.3 is 14.5 Å². The van der Waals surface area contributed by atoms with E-state index >= 15 is 0 Å². The summed E-state index contributed by atoms with van der Waals surface area (Å²) in [5.41, 5.74) is 0.966. The normalized spacial score (nSPS) is 14.9. The van der Waals surface area contributed by atoms with Gasteiger partial charge in [-0.3, -0.25) is 9.59 Å². The van der Waals surface area contributed by atoms with Crippen molar-refractivity contribution in [2.75, 3.05) is 27.2 Å². The molecule has 0 spiro atoms. The van der Waals surface area contributed by atoms with Crippen LogP contribution in [0.2, 0.25) is 0 Å². The second-order valence-electron chi connectivity index (χ2n) is 6.69. The Morgan fingerprint density at radius 1 is 1.30 bits per heavy atom. The molecule has 5 nitrogen and oxygen atoms in total. The van der Waals surface area contributed by atoms with Crippen LogP contribution in [0.15, 0.2) is 40.2 Å². The lowest BCUT2D eigenvalue weighted by atomic mass is 9.95. The second kappa shape index (κ2) is 8.89. The van der Waals surface area contributed by atoms with Crippen molar-refractivity contribution in [1.82, 2.24) is 9.80 Å². The van der Waals surface area contributed by atoms with Gasteiger partial charge in [0.2, 0.25) is 5.91 Å². The Labute approximate surface area is 172 Å². The maximum absolute atomic E-state index is 12.9. The molecular formula is C20H23BrN2O3S. The Kier molecular flexibility index (Phi) is 6.55. The van der Waals surface area contributed by atoms with E-state index in [0.717, 1.165) is 20.7 Å². The smallest absolute Gasteiger partial charge is 0.263 e. The molecule has 2 amide bonds. The number of halogens is 1. The van der Waals surface area contributed by atoms with E-state index in [-0.39, 0.29) is 17.7 Å². The number of hydrogen-bond acceptors (Lipinski definition) is 4. The van der Waals surface area contributed by atoms with E-state index in [0.29, 0.717) is 32.5 Å². The third kappa shape index (κ3) is 4.71. The lowest BCUT2D eigenvalue weighted by Gasteiger charge is -2.33. The van der Waals surface area contributed by atoms with Gasteiger partial charge in [0.15, 0.2) is 0 Å². The van der Waals surface area contributed by atoms with Gasteiger partial charge in [0.05, 0.1) is 12.0 Å². The first kappa shape index (κ1) is 19.9. The highest BCUT2D eigenvalue weighted by Crippen LogP contribution is 2.26. The summed E-state index contributed by atoms with van der Waals surface area (Å²) in [5.74, 6) is 0.929. The fourth-order valence-electron chi connectivity index (χ4n) is 3.40. The van der Waals surface area contributed by atoms with Crippen molar-refractivity contribution in [2.45, 2.75) is 19.4 Å². The number of methoxy groups -OCH3 is 1. The molecule has 0 saturated carbocycles. The van der Waals surface area contributed by atoms with Gasteiger partial charge in [0, 0.05) is 42.6 Å². The molecule has 0 bridgehead atoms. The highest BCUT2D eigenvalue weighted by molar-refractivity contribution is 9.10. The molecule has 0 aliphatic carbocycles. The molecule has 2 heterocycles. The third-order valence-corrected chi connectivity index (χ3v) is 6.24. The van der Waals surface area contributed by atoms with Crippen molar-refractivity contribution in [1.29, 1.82) is 0 Å². The van der Waals surface area contributed by atoms with Crippen LogP contribution in [0.4, 0.5) is 0 Å². The van der Waals surface area contributed by atoms with Crippen LogP contribution in [-0.2, 0) is 11.3 Å². The number of rotatable bonds is 5. The standard InChI is InChI=1S/C20H23BrN2O3S/c1-22(13-15-12-16(21)5-6-17(15)26-2)19(24)14-7-9-23(10-8-14)20(25)18-4-3-11-27-18/h3-6,11-12,14H,7-10,13H2,1-2H3. The van der Waals surface area contributed by atoms with Crippen LogP contribution in [0.5, 0.6) is 5.75 Å². The van der Waals surface area contributed by atoms with Crippen molar-refractivity contribution in [2.24, 2.45) is 5.92 Å². The summed E-state index contributed by atoms with van der Waals surface area (Å²) in [7, 11) is 3.46. The SMILES string of the molecule is COc1ccc(Br)cc1CN(C)C(=O)C1CCN(C(=O)c2cccs2)CC1. The minimum absolute atomic E-state index is 0.0412. The van der Waals surface area contributed by atoms with E-state index in [4.69, 9.17) is 4.74 Å². The number of hydrogen-bond donors (Lipinski definition) is 0. The third-order valence-electron chi connectivity index (χ3n) is 4.89. The molecule has 0 atom stereocenters. The Hall–Kier alpha value is -1.86. The van der Waals surface area contributed by atoms with Crippen LogP contribution in [0.25, 0.3) is 0 Å². The van der Waals surface area contributed by atoms with Crippen molar-refractivity contribution >= 4 is 39.1 Å². The zero-order valence-corrected chi connectivity index (χ0v) is 17.9. The maximum atomic E-state index is 12.9. The van der Waals surface area contributed by atoms with Crippen LogP contribution in [0.3, 0.4) is 0 Å². The number of likely N-dealkylation sites (tertiary alicyclic amines) is 1. The summed E-state index contributed by atoms with van der Waals surface area (Å²) in [5, 5.41) is 1.91. The molecule has 7 heteroatoms. The lowest BCUT2D eigenvalue weighted by Crippen LogP contribution is -2.43. The molecule has 0 N–H and O–H groups in total. The number of carbonyl (C=O) groups is 2. The molecular weight excluding hydrogens is 428 g/mol. The number of piperidine rings is 1. The number of ether oxygens (including phenoxy) is 1. The zero-order valence-electron chi connectivity index (χ0n) is 15.5. The molecule has 1 fully saturated rings. The molecule has 0 unspecified atom stereocenters. The molecule has 1 aliphatic heterocycles. The number of amides is 2. The molecule has 27 heavy (non-hydrogen) atoms. The molecule has 1 saturated heterocycles. The monoisotopic (exact) mass is 450 g/mol. The number of thiophene rings is 1. The first-order valence-electron chi connectivity index (χ1n) is 8.89. The van der Waals surface area contributed by atoms with Crippen molar-refractivity contribution < 1.29 is 14.3 Å². The van der Waals surface area contributed by atoms with Crippen molar-refractivity contribution in [3.63, 3.8) is 0 Å². The van der Waals surface area contributed by atoms with Crippen molar-refractivity contribution in [3.05, 3.63) is 50.6 Å². The van der Waals surface area contributed by atoms with Crippen molar-refractivity contribution in [3.8, 4) is 5.75 Å². The average Bonchev–Trinajstić information content (AvgIpc) is 3.22. The van der Waals surface area contributed by atoms with Crippen LogP contribution >= 0.6 is 27.3 Å². The fraction of sp³-hybridized carbons (Fsp3) is 0.400. The van der Waals surface area contributed by atoms with E-state index in [1.165, 1.54) is 11.3 Å². The highest BCUT2D eigenvalue weighted by atomic mass is 79.9. The van der Waals surface area contributed by atoms with Gasteiger partial charge in [-0.05, 0) is 42.5 Å². The first-order valence-corrected chi connectivity index (χ1v) is 10.6. The molecule has 144 valence electrons. The summed E-state index contributed by atoms with van der Waals surface area (Å²) >= 11 is 4.93. The number of benzene rings is 1. The summed E-state index contributed by atoms with van der Waals surface area (Å²) in [6.45, 7) is 1.75. The molecule has 0 radical (unpaired) electrons. The predicted octanol–water partition coefficient (Wildman–Crippen LogP) is 4.03.